The maximum Gasteiger partial charge on any atom is 0.288 e. The molecule has 2 aliphatic heterocycles. The molecular formula is C12H8ClN5O2S2. The Morgan fingerprint density at radius 2 is 2.23 bits per heavy atom. The Labute approximate surface area is 138 Å². The van der Waals surface area contributed by atoms with Crippen molar-refractivity contribution in [1.29, 1.82) is 0 Å². The highest BCUT2D eigenvalue weighted by Crippen LogP contribution is 2.51. The third kappa shape index (κ3) is 1.93. The van der Waals surface area contributed by atoms with Gasteiger partial charge in [-0.3, -0.25) is 15.1 Å². The van der Waals surface area contributed by atoms with E-state index in [1.807, 2.05) is 28.1 Å². The van der Waals surface area contributed by atoms with Crippen molar-refractivity contribution in [3.8, 4) is 0 Å². The van der Waals surface area contributed by atoms with Crippen molar-refractivity contribution in [1.82, 2.24) is 14.9 Å². The van der Waals surface area contributed by atoms with E-state index in [-0.39, 0.29) is 16.1 Å². The summed E-state index contributed by atoms with van der Waals surface area (Å²) in [5.74, 6) is 0.780. The van der Waals surface area contributed by atoms with E-state index in [1.165, 1.54) is 17.8 Å². The Kier molecular flexibility index (Phi) is 3.10. The predicted molar refractivity (Wildman–Crippen MR) is 85.4 cm³/mol. The van der Waals surface area contributed by atoms with Crippen LogP contribution in [0.2, 0.25) is 5.02 Å². The van der Waals surface area contributed by atoms with E-state index in [0.717, 1.165) is 21.6 Å². The van der Waals surface area contributed by atoms with Crippen molar-refractivity contribution in [2.24, 2.45) is 0 Å². The number of hydrogen-bond donors (Lipinski definition) is 0. The van der Waals surface area contributed by atoms with E-state index in [1.54, 1.807) is 17.8 Å². The standard InChI is InChI=1S/C12H8ClN5O2S2/c1-6-14-15-12-16(6)17-10(22-12)5-21-11(17)7-2-3-8(13)9(4-7)18(19)20/h2-5,11H,1H3/t11-/m0/s1. The van der Waals surface area contributed by atoms with Crippen LogP contribution in [0.15, 0.2) is 33.8 Å². The molecular weight excluding hydrogens is 346 g/mol. The summed E-state index contributed by atoms with van der Waals surface area (Å²) in [5.41, 5.74) is 0.731. The molecule has 10 heteroatoms. The summed E-state index contributed by atoms with van der Waals surface area (Å²) in [7, 11) is 0. The Balaban J connectivity index is 1.78. The van der Waals surface area contributed by atoms with Crippen LogP contribution in [0.4, 0.5) is 5.69 Å². The molecule has 1 aromatic heterocycles. The largest absolute Gasteiger partial charge is 0.288 e. The van der Waals surface area contributed by atoms with E-state index < -0.39 is 4.92 Å². The van der Waals surface area contributed by atoms with Crippen LogP contribution in [0, 0.1) is 17.0 Å². The Morgan fingerprint density at radius 3 is 3.00 bits per heavy atom. The molecule has 7 nitrogen and oxygen atoms in total. The minimum absolute atomic E-state index is 0.0826. The summed E-state index contributed by atoms with van der Waals surface area (Å²) in [6.07, 6.45) is 0. The van der Waals surface area contributed by atoms with Gasteiger partial charge in [0.1, 0.15) is 15.4 Å². The second-order valence-corrected chi connectivity index (χ2v) is 7.05. The number of rotatable bonds is 2. The van der Waals surface area contributed by atoms with E-state index in [2.05, 4.69) is 10.2 Å². The SMILES string of the molecule is Cc1nnc2n1N1C(=CS[C@H]1c1ccc(Cl)c([N+](=O)[O-])c1)S2. The molecule has 0 amide bonds. The second kappa shape index (κ2) is 4.90. The lowest BCUT2D eigenvalue weighted by Crippen LogP contribution is -2.30. The molecule has 0 N–H and O–H groups in total. The van der Waals surface area contributed by atoms with Crippen LogP contribution >= 0.6 is 35.1 Å². The summed E-state index contributed by atoms with van der Waals surface area (Å²) in [4.78, 5) is 10.6. The summed E-state index contributed by atoms with van der Waals surface area (Å²) in [6.45, 7) is 1.88. The minimum atomic E-state index is -0.464. The van der Waals surface area contributed by atoms with E-state index >= 15 is 0 Å². The Morgan fingerprint density at radius 1 is 1.41 bits per heavy atom. The molecule has 112 valence electrons. The number of aromatic nitrogens is 3. The topological polar surface area (TPSA) is 77.1 Å². The third-order valence-corrected chi connectivity index (χ3v) is 5.89. The van der Waals surface area contributed by atoms with E-state index in [0.29, 0.717) is 0 Å². The fraction of sp³-hybridized carbons (Fsp3) is 0.167. The summed E-state index contributed by atoms with van der Waals surface area (Å²) in [5, 5.41) is 25.2. The van der Waals surface area contributed by atoms with Gasteiger partial charge in [0.25, 0.3) is 5.69 Å². The third-order valence-electron chi connectivity index (χ3n) is 3.38. The summed E-state index contributed by atoms with van der Waals surface area (Å²) < 4.78 is 1.93. The van der Waals surface area contributed by atoms with Crippen LogP contribution < -0.4 is 5.01 Å². The van der Waals surface area contributed by atoms with Gasteiger partial charge in [-0.25, -0.2) is 4.68 Å². The molecule has 0 saturated heterocycles. The van der Waals surface area contributed by atoms with Gasteiger partial charge >= 0.3 is 0 Å². The number of thioether (sulfide) groups is 2. The van der Waals surface area contributed by atoms with Gasteiger partial charge in [-0.1, -0.05) is 29.4 Å². The van der Waals surface area contributed by atoms with Crippen molar-refractivity contribution < 1.29 is 4.92 Å². The average Bonchev–Trinajstić information content (AvgIpc) is 3.12. The van der Waals surface area contributed by atoms with Gasteiger partial charge in [-0.05, 0) is 30.3 Å². The molecule has 3 heterocycles. The highest BCUT2D eigenvalue weighted by Gasteiger charge is 2.39. The first-order chi connectivity index (χ1) is 10.6. The maximum atomic E-state index is 11.1. The summed E-state index contributed by atoms with van der Waals surface area (Å²) >= 11 is 9.02. The molecule has 2 aromatic rings. The highest BCUT2D eigenvalue weighted by atomic mass is 35.5. The first kappa shape index (κ1) is 13.9. The van der Waals surface area contributed by atoms with Crippen LogP contribution in [-0.4, -0.2) is 19.8 Å². The van der Waals surface area contributed by atoms with E-state index in [4.69, 9.17) is 11.6 Å². The van der Waals surface area contributed by atoms with Crippen molar-refractivity contribution >= 4 is 40.8 Å². The Hall–Kier alpha value is -1.71. The van der Waals surface area contributed by atoms with E-state index in [9.17, 15) is 10.1 Å². The van der Waals surface area contributed by atoms with Crippen LogP contribution in [0.5, 0.6) is 0 Å². The van der Waals surface area contributed by atoms with Gasteiger partial charge in [0.05, 0.1) is 4.92 Å². The predicted octanol–water partition coefficient (Wildman–Crippen LogP) is 3.44. The number of nitrogens with zero attached hydrogens (tertiary/aromatic N) is 5. The molecule has 0 spiro atoms. The highest BCUT2D eigenvalue weighted by molar-refractivity contribution is 8.07. The Bertz CT molecular complexity index is 837. The van der Waals surface area contributed by atoms with Gasteiger partial charge in [0, 0.05) is 11.5 Å². The minimum Gasteiger partial charge on any atom is -0.258 e. The molecule has 0 aliphatic carbocycles. The second-order valence-electron chi connectivity index (χ2n) is 4.70. The fourth-order valence-corrected chi connectivity index (χ4v) is 4.86. The quantitative estimate of drug-likeness (QED) is 0.604. The first-order valence-corrected chi connectivity index (χ1v) is 8.39. The van der Waals surface area contributed by atoms with Gasteiger partial charge in [-0.15, -0.1) is 10.2 Å². The molecule has 0 unspecified atom stereocenters. The monoisotopic (exact) mass is 353 g/mol. The van der Waals surface area contributed by atoms with Gasteiger partial charge in [0.15, 0.2) is 5.82 Å². The number of benzene rings is 1. The fourth-order valence-electron chi connectivity index (χ4n) is 2.41. The molecule has 22 heavy (non-hydrogen) atoms. The number of fused-ring (bicyclic) bond motifs is 3. The van der Waals surface area contributed by atoms with Crippen molar-refractivity contribution in [2.45, 2.75) is 17.5 Å². The van der Waals surface area contributed by atoms with Crippen LogP contribution in [-0.2, 0) is 0 Å². The van der Waals surface area contributed by atoms with Gasteiger partial charge in [0.2, 0.25) is 5.16 Å². The lowest BCUT2D eigenvalue weighted by molar-refractivity contribution is -0.384. The smallest absolute Gasteiger partial charge is 0.258 e. The lowest BCUT2D eigenvalue weighted by Gasteiger charge is -2.25. The zero-order valence-electron chi connectivity index (χ0n) is 11.1. The molecule has 0 radical (unpaired) electrons. The van der Waals surface area contributed by atoms with Crippen molar-refractivity contribution in [2.75, 3.05) is 5.01 Å². The molecule has 0 saturated carbocycles. The lowest BCUT2D eigenvalue weighted by atomic mass is 10.2. The molecule has 4 rings (SSSR count). The van der Waals surface area contributed by atoms with Crippen molar-refractivity contribution in [3.05, 3.63) is 55.2 Å². The van der Waals surface area contributed by atoms with Gasteiger partial charge in [-0.2, -0.15) is 0 Å². The molecule has 0 bridgehead atoms. The molecule has 1 atom stereocenters. The molecule has 1 aromatic carbocycles. The number of halogens is 1. The zero-order valence-corrected chi connectivity index (χ0v) is 13.5. The van der Waals surface area contributed by atoms with Gasteiger partial charge < -0.3 is 0 Å². The first-order valence-electron chi connectivity index (χ1n) is 6.25. The van der Waals surface area contributed by atoms with Crippen LogP contribution in [0.3, 0.4) is 0 Å². The number of nitro groups is 1. The van der Waals surface area contributed by atoms with Crippen LogP contribution in [0.1, 0.15) is 16.8 Å². The zero-order chi connectivity index (χ0) is 15.4. The average molecular weight is 354 g/mol. The normalized spacial score (nSPS) is 19.1. The van der Waals surface area contributed by atoms with Crippen molar-refractivity contribution in [3.63, 3.8) is 0 Å². The molecule has 2 aliphatic rings. The number of nitro benzene ring substituents is 1. The number of hydrogen-bond acceptors (Lipinski definition) is 7. The number of aryl methyl sites for hydroxylation is 1. The molecule has 0 fully saturated rings. The van der Waals surface area contributed by atoms with Crippen LogP contribution in [0.25, 0.3) is 0 Å². The summed E-state index contributed by atoms with van der Waals surface area (Å²) in [6, 6.07) is 4.90. The maximum absolute atomic E-state index is 11.1.